The van der Waals surface area contributed by atoms with Crippen LogP contribution in [0.2, 0.25) is 26.2 Å². The van der Waals surface area contributed by atoms with E-state index >= 15 is 0 Å². The molecule has 1 N–H and O–H groups in total. The minimum absolute atomic E-state index is 0.391. The van der Waals surface area contributed by atoms with Gasteiger partial charge in [-0.1, -0.05) is 26.2 Å². The van der Waals surface area contributed by atoms with Gasteiger partial charge in [0, 0.05) is 16.6 Å². The fourth-order valence-electron chi connectivity index (χ4n) is 0. The van der Waals surface area contributed by atoms with Gasteiger partial charge in [0.25, 0.3) is 0 Å². The first-order valence-electron chi connectivity index (χ1n) is 3.85. The smallest absolute Gasteiger partial charge is 0.279 e. The lowest BCUT2D eigenvalue weighted by Gasteiger charge is -2.08. The highest BCUT2D eigenvalue weighted by Gasteiger charge is 2.44. The molecule has 0 heterocycles. The Morgan fingerprint density at radius 1 is 1.21 bits per heavy atom. The third kappa shape index (κ3) is 10.2. The second-order valence-electron chi connectivity index (χ2n) is 3.84. The molecule has 0 spiro atoms. The average Bonchev–Trinajstić information content (AvgIpc) is 1.82. The second-order valence-corrected chi connectivity index (χ2v) is 19.6. The predicted molar refractivity (Wildman–Crippen MR) is 55.4 cm³/mol. The van der Waals surface area contributed by atoms with Crippen LogP contribution in [0.3, 0.4) is 0 Å². The molecule has 0 aromatic carbocycles. The standard InChI is InChI=1S/C4H14Si2.CHF3O3S/c1-5-6(2,3)4;2-1(3,4)8(5,6)7/h5H2,1-4H3;(H,5,6,7). The number of hydrogen-bond donors (Lipinski definition) is 1. The molecule has 0 radical (unpaired) electrons. The summed E-state index contributed by atoms with van der Waals surface area (Å²) in [5, 5.41) is 0. The molecule has 0 saturated carbocycles. The second kappa shape index (κ2) is 5.28. The summed E-state index contributed by atoms with van der Waals surface area (Å²) in [4.78, 5) is 0. The molecule has 0 atom stereocenters. The Labute approximate surface area is 85.1 Å². The van der Waals surface area contributed by atoms with Crippen LogP contribution >= 0.6 is 0 Å². The van der Waals surface area contributed by atoms with E-state index in [0.717, 1.165) is 0 Å². The molecule has 88 valence electrons. The van der Waals surface area contributed by atoms with Gasteiger partial charge < -0.3 is 0 Å². The van der Waals surface area contributed by atoms with Crippen molar-refractivity contribution in [2.75, 3.05) is 0 Å². The van der Waals surface area contributed by atoms with Crippen molar-refractivity contribution in [1.82, 2.24) is 0 Å². The summed E-state index contributed by atoms with van der Waals surface area (Å²) < 4.78 is 57.5. The van der Waals surface area contributed by atoms with Crippen molar-refractivity contribution in [3.8, 4) is 0 Å². The van der Waals surface area contributed by atoms with E-state index in [9.17, 15) is 13.2 Å². The Bertz CT molecular complexity index is 254. The van der Waals surface area contributed by atoms with Crippen LogP contribution in [0.25, 0.3) is 0 Å². The van der Waals surface area contributed by atoms with Gasteiger partial charge in [-0.15, -0.1) is 0 Å². The Morgan fingerprint density at radius 2 is 1.36 bits per heavy atom. The number of alkyl halides is 3. The van der Waals surface area contributed by atoms with Crippen LogP contribution in [-0.2, 0) is 10.1 Å². The maximum absolute atomic E-state index is 10.7. The summed E-state index contributed by atoms with van der Waals surface area (Å²) in [6.07, 6.45) is 0. The first kappa shape index (κ1) is 16.6. The van der Waals surface area contributed by atoms with E-state index in [1.165, 1.54) is 0 Å². The summed E-state index contributed by atoms with van der Waals surface area (Å²) in [7, 11) is -5.94. The van der Waals surface area contributed by atoms with E-state index in [1.807, 2.05) is 0 Å². The maximum atomic E-state index is 10.7. The van der Waals surface area contributed by atoms with Crippen molar-refractivity contribution < 1.29 is 26.1 Å². The Balaban J connectivity index is 0. The highest BCUT2D eigenvalue weighted by Crippen LogP contribution is 2.20. The van der Waals surface area contributed by atoms with Crippen LogP contribution in [-0.4, -0.2) is 35.1 Å². The van der Waals surface area contributed by atoms with Crippen molar-refractivity contribution in [3.05, 3.63) is 0 Å². The predicted octanol–water partition coefficient (Wildman–Crippen LogP) is 1.43. The van der Waals surface area contributed by atoms with Crippen LogP contribution in [0.1, 0.15) is 0 Å². The third-order valence-corrected chi connectivity index (χ3v) is 10.4. The fourth-order valence-corrected chi connectivity index (χ4v) is 0. The lowest BCUT2D eigenvalue weighted by molar-refractivity contribution is -0.0510. The molecule has 0 aromatic heterocycles. The molecule has 0 amide bonds. The summed E-state index contributed by atoms with van der Waals surface area (Å²) in [6.45, 7) is 9.74. The summed E-state index contributed by atoms with van der Waals surface area (Å²) in [5.74, 6) is 0. The monoisotopic (exact) mass is 268 g/mol. The van der Waals surface area contributed by atoms with Gasteiger partial charge in [-0.05, 0) is 0 Å². The van der Waals surface area contributed by atoms with Crippen molar-refractivity contribution in [2.45, 2.75) is 31.7 Å². The Hall–Kier alpha value is 0.134. The molecule has 9 heteroatoms. The molecule has 0 aromatic rings. The van der Waals surface area contributed by atoms with Gasteiger partial charge >= 0.3 is 15.6 Å². The van der Waals surface area contributed by atoms with Crippen LogP contribution < -0.4 is 0 Å². The van der Waals surface area contributed by atoms with Crippen LogP contribution in [0.15, 0.2) is 0 Å². The van der Waals surface area contributed by atoms with Gasteiger partial charge in [-0.3, -0.25) is 4.55 Å². The zero-order chi connectivity index (χ0) is 12.2. The zero-order valence-electron chi connectivity index (χ0n) is 8.51. The number of rotatable bonds is 1. The zero-order valence-corrected chi connectivity index (χ0v) is 11.7. The van der Waals surface area contributed by atoms with Crippen LogP contribution in [0.5, 0.6) is 0 Å². The van der Waals surface area contributed by atoms with Gasteiger partial charge in [-0.2, -0.15) is 21.6 Å². The van der Waals surface area contributed by atoms with Crippen molar-refractivity contribution in [1.29, 1.82) is 0 Å². The normalized spacial score (nSPS) is 14.0. The van der Waals surface area contributed by atoms with E-state index in [1.54, 1.807) is 0 Å². The van der Waals surface area contributed by atoms with E-state index < -0.39 is 23.2 Å². The highest BCUT2D eigenvalue weighted by molar-refractivity contribution is 7.86. The van der Waals surface area contributed by atoms with Gasteiger partial charge in [0.2, 0.25) is 0 Å². The van der Waals surface area contributed by atoms with Gasteiger partial charge in [0.15, 0.2) is 0 Å². The minimum Gasteiger partial charge on any atom is -0.279 e. The molecular weight excluding hydrogens is 253 g/mol. The van der Waals surface area contributed by atoms with E-state index in [2.05, 4.69) is 26.2 Å². The SMILES string of the molecule is C[SiH2][Si](C)(C)C.O=S(=O)(O)C(F)(F)F. The maximum Gasteiger partial charge on any atom is 0.522 e. The van der Waals surface area contributed by atoms with Crippen molar-refractivity contribution in [2.24, 2.45) is 0 Å². The van der Waals surface area contributed by atoms with Gasteiger partial charge in [0.1, 0.15) is 0 Å². The average molecular weight is 268 g/mol. The van der Waals surface area contributed by atoms with E-state index in [4.69, 9.17) is 13.0 Å². The molecule has 0 aliphatic heterocycles. The lowest BCUT2D eigenvalue weighted by Crippen LogP contribution is -2.26. The number of halogens is 3. The summed E-state index contributed by atoms with van der Waals surface area (Å²) in [6, 6.07) is 0. The summed E-state index contributed by atoms with van der Waals surface area (Å²) in [5.41, 5.74) is -5.53. The molecular formula is C5H15F3O3SSi2. The van der Waals surface area contributed by atoms with Gasteiger partial charge in [0.05, 0.1) is 0 Å². The molecule has 0 rings (SSSR count). The quantitative estimate of drug-likeness (QED) is 0.445. The Morgan fingerprint density at radius 3 is 1.36 bits per heavy atom. The van der Waals surface area contributed by atoms with E-state index in [-0.39, 0.29) is 0 Å². The highest BCUT2D eigenvalue weighted by atomic mass is 32.2. The summed E-state index contributed by atoms with van der Waals surface area (Å²) >= 11 is 0. The molecule has 0 fully saturated rings. The molecule has 0 unspecified atom stereocenters. The molecule has 0 aliphatic carbocycles. The Kier molecular flexibility index (Phi) is 6.25. The number of hydrogen-bond acceptors (Lipinski definition) is 2. The first-order chi connectivity index (χ1) is 5.81. The molecule has 3 nitrogen and oxygen atoms in total. The molecule has 0 aliphatic rings. The molecule has 14 heavy (non-hydrogen) atoms. The first-order valence-corrected chi connectivity index (χ1v) is 12.5. The largest absolute Gasteiger partial charge is 0.522 e. The van der Waals surface area contributed by atoms with Crippen molar-refractivity contribution in [3.63, 3.8) is 0 Å². The third-order valence-electron chi connectivity index (χ3n) is 1.35. The topological polar surface area (TPSA) is 54.4 Å². The minimum atomic E-state index is -5.84. The van der Waals surface area contributed by atoms with E-state index in [0.29, 0.717) is 9.04 Å². The van der Waals surface area contributed by atoms with Crippen LogP contribution in [0, 0.1) is 0 Å². The molecule has 0 saturated heterocycles. The lowest BCUT2D eigenvalue weighted by atomic mass is 11.6. The van der Waals surface area contributed by atoms with Crippen molar-refractivity contribution >= 4 is 26.7 Å². The van der Waals surface area contributed by atoms with Gasteiger partial charge in [-0.25, -0.2) is 0 Å². The van der Waals surface area contributed by atoms with Crippen LogP contribution in [0.4, 0.5) is 13.2 Å². The fraction of sp³-hybridized carbons (Fsp3) is 1.00. The molecule has 0 bridgehead atoms.